The van der Waals surface area contributed by atoms with Crippen molar-refractivity contribution in [3.63, 3.8) is 0 Å². The lowest BCUT2D eigenvalue weighted by Gasteiger charge is -2.14. The standard InChI is InChI=1S/C18H4N2O4/c19-5-7-1-9-13-10(2-7)17(23)18(24)12-4-8(6-20)3-11(14(12)13)16(22)15(9)21/h1-4H. The number of hydrogen-bond donors (Lipinski definition) is 0. The van der Waals surface area contributed by atoms with Crippen molar-refractivity contribution >= 4 is 21.5 Å². The second kappa shape index (κ2) is 4.31. The molecule has 0 bridgehead atoms. The van der Waals surface area contributed by atoms with E-state index in [2.05, 4.69) is 0 Å². The Hall–Kier alpha value is -3.90. The molecule has 0 amide bonds. The van der Waals surface area contributed by atoms with Gasteiger partial charge in [0.15, 0.2) is 0 Å². The molecule has 110 valence electrons. The van der Waals surface area contributed by atoms with Crippen LogP contribution in [0.1, 0.15) is 11.1 Å². The summed E-state index contributed by atoms with van der Waals surface area (Å²) in [5.74, 6) is 0. The molecule has 0 N–H and O–H groups in total. The molecule has 2 aromatic carbocycles. The highest BCUT2D eigenvalue weighted by molar-refractivity contribution is 6.12. The van der Waals surface area contributed by atoms with Crippen LogP contribution in [0.5, 0.6) is 0 Å². The molecule has 0 radical (unpaired) electrons. The Morgan fingerprint density at radius 3 is 1.00 bits per heavy atom. The lowest BCUT2D eigenvalue weighted by atomic mass is 9.85. The molecular weight excluding hydrogens is 308 g/mol. The van der Waals surface area contributed by atoms with Crippen molar-refractivity contribution in [2.45, 2.75) is 0 Å². The Balaban J connectivity index is 2.56. The summed E-state index contributed by atoms with van der Waals surface area (Å²) in [6, 6.07) is 8.60. The lowest BCUT2D eigenvalue weighted by Crippen LogP contribution is -2.31. The molecule has 0 aromatic heterocycles. The van der Waals surface area contributed by atoms with Crippen LogP contribution in [0, 0.1) is 22.7 Å². The summed E-state index contributed by atoms with van der Waals surface area (Å²) in [5.41, 5.74) is -3.02. The molecule has 0 heterocycles. The van der Waals surface area contributed by atoms with Crippen LogP contribution in [0.25, 0.3) is 32.7 Å². The van der Waals surface area contributed by atoms with Crippen LogP contribution >= 0.6 is 0 Å². The maximum atomic E-state index is 12.4. The minimum atomic E-state index is -0.862. The first-order chi connectivity index (χ1) is 11.5. The van der Waals surface area contributed by atoms with Crippen LogP contribution in [0.3, 0.4) is 0 Å². The van der Waals surface area contributed by atoms with E-state index in [0.29, 0.717) is 0 Å². The van der Waals surface area contributed by atoms with Crippen molar-refractivity contribution in [3.05, 3.63) is 76.3 Å². The summed E-state index contributed by atoms with van der Waals surface area (Å²) >= 11 is 0. The van der Waals surface area contributed by atoms with Gasteiger partial charge in [0, 0.05) is 32.7 Å². The highest BCUT2D eigenvalue weighted by Gasteiger charge is 2.25. The number of rotatable bonds is 0. The molecule has 0 saturated heterocycles. The molecule has 6 heteroatoms. The maximum absolute atomic E-state index is 12.4. The third kappa shape index (κ3) is 1.47. The Kier molecular flexibility index (Phi) is 2.47. The van der Waals surface area contributed by atoms with Gasteiger partial charge in [-0.1, -0.05) is 0 Å². The molecule has 0 saturated carbocycles. The second-order valence-corrected chi connectivity index (χ2v) is 5.43. The van der Waals surface area contributed by atoms with E-state index >= 15 is 0 Å². The predicted octanol–water partition coefficient (Wildman–Crippen LogP) is 0.595. The number of nitrogens with zero attached hydrogens (tertiary/aromatic N) is 2. The molecule has 6 nitrogen and oxygen atoms in total. The predicted molar refractivity (Wildman–Crippen MR) is 86.1 cm³/mol. The van der Waals surface area contributed by atoms with E-state index in [1.165, 1.54) is 24.3 Å². The van der Waals surface area contributed by atoms with Gasteiger partial charge < -0.3 is 0 Å². The van der Waals surface area contributed by atoms with Crippen LogP contribution in [-0.4, -0.2) is 0 Å². The molecule has 2 aliphatic carbocycles. The Morgan fingerprint density at radius 1 is 0.542 bits per heavy atom. The van der Waals surface area contributed by atoms with Crippen molar-refractivity contribution in [2.75, 3.05) is 0 Å². The fourth-order valence-corrected chi connectivity index (χ4v) is 3.16. The van der Waals surface area contributed by atoms with Crippen LogP contribution in [0.15, 0.2) is 43.4 Å². The lowest BCUT2D eigenvalue weighted by molar-refractivity contribution is 1.45. The smallest absolute Gasteiger partial charge is 0.234 e. The SMILES string of the molecule is N#Cc1cc2c3c(c1)c(=O)c(=O)c1cc(C#N)cc(c1-3)c(=O)c2=O. The zero-order valence-corrected chi connectivity index (χ0v) is 11.8. The van der Waals surface area contributed by atoms with E-state index in [-0.39, 0.29) is 43.8 Å². The van der Waals surface area contributed by atoms with E-state index in [0.717, 1.165) is 0 Å². The topological polar surface area (TPSA) is 116 Å². The van der Waals surface area contributed by atoms with Gasteiger partial charge in [-0.2, -0.15) is 10.5 Å². The van der Waals surface area contributed by atoms with E-state index in [4.69, 9.17) is 10.5 Å². The third-order valence-corrected chi connectivity index (χ3v) is 4.18. The molecule has 0 unspecified atom stereocenters. The molecule has 4 rings (SSSR count). The van der Waals surface area contributed by atoms with Crippen molar-refractivity contribution < 1.29 is 0 Å². The normalized spacial score (nSPS) is 11.1. The summed E-state index contributed by atoms with van der Waals surface area (Å²) in [5, 5.41) is 17.9. The molecule has 0 spiro atoms. The van der Waals surface area contributed by atoms with Gasteiger partial charge in [-0.3, -0.25) is 19.2 Å². The highest BCUT2D eigenvalue weighted by Crippen LogP contribution is 2.35. The monoisotopic (exact) mass is 312 g/mol. The summed E-state index contributed by atoms with van der Waals surface area (Å²) in [7, 11) is 0. The van der Waals surface area contributed by atoms with Gasteiger partial charge in [-0.15, -0.1) is 0 Å². The maximum Gasteiger partial charge on any atom is 0.234 e. The summed E-state index contributed by atoms with van der Waals surface area (Å²) in [6.45, 7) is 0. The van der Waals surface area contributed by atoms with Gasteiger partial charge in [0.1, 0.15) is 0 Å². The minimum absolute atomic E-state index is 0.0200. The van der Waals surface area contributed by atoms with Gasteiger partial charge in [0.25, 0.3) is 0 Å². The molecule has 24 heavy (non-hydrogen) atoms. The molecule has 0 atom stereocenters. The van der Waals surface area contributed by atoms with E-state index < -0.39 is 21.7 Å². The summed E-state index contributed by atoms with van der Waals surface area (Å²) in [6.07, 6.45) is 0. The Labute approximate surface area is 132 Å². The Morgan fingerprint density at radius 2 is 0.792 bits per heavy atom. The molecule has 0 fully saturated rings. The Bertz CT molecular complexity index is 1240. The molecule has 2 aromatic rings. The van der Waals surface area contributed by atoms with Crippen LogP contribution in [0.4, 0.5) is 0 Å². The van der Waals surface area contributed by atoms with Gasteiger partial charge in [0.2, 0.25) is 21.7 Å². The first-order valence-electron chi connectivity index (χ1n) is 6.82. The van der Waals surface area contributed by atoms with Crippen LogP contribution < -0.4 is 21.7 Å². The fraction of sp³-hybridized carbons (Fsp3) is 0. The first kappa shape index (κ1) is 13.7. The van der Waals surface area contributed by atoms with Crippen LogP contribution in [-0.2, 0) is 0 Å². The summed E-state index contributed by atoms with van der Waals surface area (Å²) < 4.78 is 0. The van der Waals surface area contributed by atoms with Crippen LogP contribution in [0.2, 0.25) is 0 Å². The largest absolute Gasteiger partial charge is 0.285 e. The van der Waals surface area contributed by atoms with E-state index in [1.54, 1.807) is 0 Å². The minimum Gasteiger partial charge on any atom is -0.285 e. The van der Waals surface area contributed by atoms with E-state index in [9.17, 15) is 19.2 Å². The van der Waals surface area contributed by atoms with Crippen molar-refractivity contribution in [2.24, 2.45) is 0 Å². The fourth-order valence-electron chi connectivity index (χ4n) is 3.16. The number of hydrogen-bond acceptors (Lipinski definition) is 6. The van der Waals surface area contributed by atoms with Crippen molar-refractivity contribution in [3.8, 4) is 23.3 Å². The molecule has 0 aliphatic heterocycles. The average Bonchev–Trinajstić information content (AvgIpc) is 2.61. The first-order valence-corrected chi connectivity index (χ1v) is 6.82. The van der Waals surface area contributed by atoms with Gasteiger partial charge >= 0.3 is 0 Å². The quantitative estimate of drug-likeness (QED) is 0.347. The van der Waals surface area contributed by atoms with E-state index in [1.807, 2.05) is 12.1 Å². The molecule has 2 aliphatic rings. The van der Waals surface area contributed by atoms with Crippen molar-refractivity contribution in [1.82, 2.24) is 0 Å². The molecular formula is C18H4N2O4. The number of benzene rings is 4. The highest BCUT2D eigenvalue weighted by atomic mass is 16.2. The number of nitriles is 2. The van der Waals surface area contributed by atoms with Gasteiger partial charge in [-0.05, 0) is 24.3 Å². The van der Waals surface area contributed by atoms with Gasteiger partial charge in [-0.25, -0.2) is 0 Å². The average molecular weight is 312 g/mol. The zero-order chi connectivity index (χ0) is 17.2. The second-order valence-electron chi connectivity index (χ2n) is 5.43. The zero-order valence-electron chi connectivity index (χ0n) is 11.8. The third-order valence-electron chi connectivity index (χ3n) is 4.18. The summed E-state index contributed by atoms with van der Waals surface area (Å²) in [4.78, 5) is 49.5. The van der Waals surface area contributed by atoms with Crippen molar-refractivity contribution in [1.29, 1.82) is 10.5 Å². The van der Waals surface area contributed by atoms with Gasteiger partial charge in [0.05, 0.1) is 23.3 Å².